The first-order valence-corrected chi connectivity index (χ1v) is 10.1. The van der Waals surface area contributed by atoms with E-state index in [0.717, 1.165) is 26.0 Å². The van der Waals surface area contributed by atoms with Crippen molar-refractivity contribution in [3.8, 4) is 22.3 Å². The van der Waals surface area contributed by atoms with Crippen molar-refractivity contribution in [3.05, 3.63) is 62.7 Å². The Balaban J connectivity index is 2.10. The predicted molar refractivity (Wildman–Crippen MR) is 99.3 cm³/mol. The van der Waals surface area contributed by atoms with E-state index in [-0.39, 0.29) is 4.90 Å². The van der Waals surface area contributed by atoms with Crippen LogP contribution in [-0.2, 0) is 10.0 Å². The largest absolute Gasteiger partial charge is 0.238 e. The third-order valence-electron chi connectivity index (χ3n) is 3.37. The summed E-state index contributed by atoms with van der Waals surface area (Å²) in [6.45, 7) is 0. The lowest BCUT2D eigenvalue weighted by Crippen LogP contribution is -2.11. The van der Waals surface area contributed by atoms with Crippen LogP contribution in [0, 0.1) is 0 Å². The quantitative estimate of drug-likeness (QED) is 0.627. The lowest BCUT2D eigenvalue weighted by Gasteiger charge is -2.07. The molecule has 0 fully saturated rings. The average molecular weight is 429 g/mol. The molecule has 118 valence electrons. The number of halogens is 2. The van der Waals surface area contributed by atoms with Gasteiger partial charge in [0.2, 0.25) is 10.0 Å². The van der Waals surface area contributed by atoms with Gasteiger partial charge in [0, 0.05) is 21.5 Å². The zero-order valence-corrected chi connectivity index (χ0v) is 15.6. The highest BCUT2D eigenvalue weighted by Gasteiger charge is 2.15. The molecule has 0 saturated carbocycles. The van der Waals surface area contributed by atoms with E-state index in [1.807, 2.05) is 29.6 Å². The molecule has 0 spiro atoms. The van der Waals surface area contributed by atoms with Gasteiger partial charge in [0.1, 0.15) is 0 Å². The van der Waals surface area contributed by atoms with Crippen LogP contribution in [0.3, 0.4) is 0 Å². The Bertz CT molecular complexity index is 949. The molecule has 0 unspecified atom stereocenters. The smallest absolute Gasteiger partial charge is 0.225 e. The summed E-state index contributed by atoms with van der Waals surface area (Å²) in [7, 11) is -3.68. The number of benzene rings is 2. The summed E-state index contributed by atoms with van der Waals surface area (Å²) in [5.74, 6) is 0. The van der Waals surface area contributed by atoms with Crippen molar-refractivity contribution in [2.75, 3.05) is 0 Å². The van der Waals surface area contributed by atoms with E-state index in [4.69, 9.17) is 16.7 Å². The summed E-state index contributed by atoms with van der Waals surface area (Å²) in [5.41, 5.74) is 4.03. The molecule has 0 bridgehead atoms. The molecule has 1 aromatic heterocycles. The van der Waals surface area contributed by atoms with Crippen LogP contribution >= 0.6 is 38.9 Å². The molecule has 0 radical (unpaired) electrons. The first-order chi connectivity index (χ1) is 10.9. The molecule has 0 atom stereocenters. The number of thiophene rings is 1. The minimum absolute atomic E-state index is 0.101. The first-order valence-electron chi connectivity index (χ1n) is 6.52. The van der Waals surface area contributed by atoms with Crippen LogP contribution < -0.4 is 5.14 Å². The third-order valence-corrected chi connectivity index (χ3v) is 6.28. The molecule has 3 rings (SSSR count). The van der Waals surface area contributed by atoms with Crippen LogP contribution in [0.15, 0.2) is 62.6 Å². The van der Waals surface area contributed by atoms with Gasteiger partial charge in [-0.15, -0.1) is 11.3 Å². The fraction of sp³-hybridized carbons (Fsp3) is 0. The van der Waals surface area contributed by atoms with Crippen molar-refractivity contribution in [1.29, 1.82) is 0 Å². The normalized spacial score (nSPS) is 11.6. The summed E-state index contributed by atoms with van der Waals surface area (Å²) in [6.07, 6.45) is 0. The van der Waals surface area contributed by atoms with Gasteiger partial charge in [-0.05, 0) is 51.3 Å². The van der Waals surface area contributed by atoms with Crippen LogP contribution in [0.1, 0.15) is 0 Å². The summed E-state index contributed by atoms with van der Waals surface area (Å²) in [5, 5.41) is 7.85. The van der Waals surface area contributed by atoms with E-state index in [1.165, 1.54) is 12.1 Å². The molecule has 0 amide bonds. The summed E-state index contributed by atoms with van der Waals surface area (Å²) in [6, 6.07) is 14.1. The molecule has 7 heteroatoms. The number of nitrogens with two attached hydrogens (primary N) is 1. The second kappa shape index (κ2) is 6.37. The van der Waals surface area contributed by atoms with E-state index in [9.17, 15) is 8.42 Å². The number of rotatable bonds is 3. The monoisotopic (exact) mass is 427 g/mol. The molecule has 3 nitrogen and oxygen atoms in total. The van der Waals surface area contributed by atoms with Crippen molar-refractivity contribution in [2.24, 2.45) is 5.14 Å². The molecule has 23 heavy (non-hydrogen) atoms. The highest BCUT2D eigenvalue weighted by Crippen LogP contribution is 2.42. The molecular formula is C16H11BrClNO2S2. The van der Waals surface area contributed by atoms with Gasteiger partial charge in [-0.1, -0.05) is 35.9 Å². The Morgan fingerprint density at radius 2 is 1.52 bits per heavy atom. The highest BCUT2D eigenvalue weighted by molar-refractivity contribution is 9.11. The van der Waals surface area contributed by atoms with Gasteiger partial charge >= 0.3 is 0 Å². The van der Waals surface area contributed by atoms with Crippen molar-refractivity contribution in [1.82, 2.24) is 0 Å². The van der Waals surface area contributed by atoms with E-state index in [0.29, 0.717) is 5.02 Å². The number of primary sulfonamides is 1. The molecular weight excluding hydrogens is 418 g/mol. The maximum Gasteiger partial charge on any atom is 0.238 e. The molecule has 1 heterocycles. The fourth-order valence-electron chi connectivity index (χ4n) is 2.26. The summed E-state index contributed by atoms with van der Waals surface area (Å²) >= 11 is 11.1. The second-order valence-electron chi connectivity index (χ2n) is 4.87. The second-order valence-corrected chi connectivity index (χ2v) is 9.07. The SMILES string of the molecule is NS(=O)(=O)c1ccc(-c2csc(Br)c2-c2ccc(Cl)cc2)cc1. The van der Waals surface area contributed by atoms with Crippen molar-refractivity contribution >= 4 is 48.9 Å². The van der Waals surface area contributed by atoms with Crippen LogP contribution in [0.5, 0.6) is 0 Å². The van der Waals surface area contributed by atoms with Crippen molar-refractivity contribution in [3.63, 3.8) is 0 Å². The molecule has 0 saturated heterocycles. The molecule has 2 N–H and O–H groups in total. The fourth-order valence-corrected chi connectivity index (χ4v) is 4.44. The first kappa shape index (κ1) is 16.7. The Labute approximate surface area is 151 Å². The van der Waals surface area contributed by atoms with Gasteiger partial charge in [-0.2, -0.15) is 0 Å². The van der Waals surface area contributed by atoms with E-state index in [2.05, 4.69) is 15.9 Å². The maximum absolute atomic E-state index is 11.4. The third kappa shape index (κ3) is 3.51. The van der Waals surface area contributed by atoms with Gasteiger partial charge in [-0.25, -0.2) is 13.6 Å². The van der Waals surface area contributed by atoms with Crippen LogP contribution in [-0.4, -0.2) is 8.42 Å². The Morgan fingerprint density at radius 3 is 2.09 bits per heavy atom. The van der Waals surface area contributed by atoms with E-state index < -0.39 is 10.0 Å². The standard InChI is InChI=1S/C16H11BrClNO2S2/c17-16-15(11-1-5-12(18)6-2-11)14(9-22-16)10-3-7-13(8-4-10)23(19,20)21/h1-9H,(H2,19,20,21). The maximum atomic E-state index is 11.4. The molecule has 0 aliphatic rings. The minimum atomic E-state index is -3.68. The average Bonchev–Trinajstić information content (AvgIpc) is 2.89. The van der Waals surface area contributed by atoms with Gasteiger partial charge < -0.3 is 0 Å². The molecule has 0 aliphatic heterocycles. The van der Waals surface area contributed by atoms with Crippen molar-refractivity contribution in [2.45, 2.75) is 4.90 Å². The van der Waals surface area contributed by atoms with Crippen LogP contribution in [0.25, 0.3) is 22.3 Å². The molecule has 2 aromatic carbocycles. The van der Waals surface area contributed by atoms with E-state index in [1.54, 1.807) is 23.5 Å². The van der Waals surface area contributed by atoms with Gasteiger partial charge in [-0.3, -0.25) is 0 Å². The minimum Gasteiger partial charge on any atom is -0.225 e. The zero-order chi connectivity index (χ0) is 16.6. The summed E-state index contributed by atoms with van der Waals surface area (Å²) in [4.78, 5) is 0.101. The topological polar surface area (TPSA) is 60.2 Å². The van der Waals surface area contributed by atoms with Gasteiger partial charge in [0.15, 0.2) is 0 Å². The van der Waals surface area contributed by atoms with Crippen LogP contribution in [0.2, 0.25) is 5.02 Å². The molecule has 3 aromatic rings. The van der Waals surface area contributed by atoms with Gasteiger partial charge in [0.25, 0.3) is 0 Å². The lowest BCUT2D eigenvalue weighted by atomic mass is 9.99. The Kier molecular flexibility index (Phi) is 4.62. The summed E-state index contributed by atoms with van der Waals surface area (Å²) < 4.78 is 23.7. The Morgan fingerprint density at radius 1 is 0.957 bits per heavy atom. The van der Waals surface area contributed by atoms with E-state index >= 15 is 0 Å². The highest BCUT2D eigenvalue weighted by atomic mass is 79.9. The number of hydrogen-bond acceptors (Lipinski definition) is 3. The molecule has 0 aliphatic carbocycles. The lowest BCUT2D eigenvalue weighted by molar-refractivity contribution is 0.598. The van der Waals surface area contributed by atoms with Crippen LogP contribution in [0.4, 0.5) is 0 Å². The number of sulfonamides is 1. The predicted octanol–water partition coefficient (Wildman–Crippen LogP) is 5.15. The Hall–Kier alpha value is -1.18. The number of hydrogen-bond donors (Lipinski definition) is 1. The van der Waals surface area contributed by atoms with Crippen molar-refractivity contribution < 1.29 is 8.42 Å². The zero-order valence-electron chi connectivity index (χ0n) is 11.7. The van der Waals surface area contributed by atoms with Gasteiger partial charge in [0.05, 0.1) is 8.68 Å².